The van der Waals surface area contributed by atoms with E-state index in [1.165, 1.54) is 7.11 Å². The zero-order chi connectivity index (χ0) is 24.8. The predicted molar refractivity (Wildman–Crippen MR) is 142 cm³/mol. The standard InChI is InChI=1S/C25H23IN2O5S/c1-5-10-33-23-19(26)11-16(12-20(23)32-4)13-21-24(30)28(25(31)34-21)14-22(29)27-18-8-6-17(7-9-18)15(2)3/h1,6-9,11-13,15H,10,14H2,2-4H3,(H,27,29)/b21-13+. The number of hydrogen-bond acceptors (Lipinski definition) is 6. The minimum atomic E-state index is -0.526. The number of halogens is 1. The van der Waals surface area contributed by atoms with Crippen molar-refractivity contribution in [2.24, 2.45) is 0 Å². The molecule has 9 heteroatoms. The van der Waals surface area contributed by atoms with E-state index in [4.69, 9.17) is 15.9 Å². The molecule has 1 heterocycles. The summed E-state index contributed by atoms with van der Waals surface area (Å²) in [5.41, 5.74) is 2.40. The Balaban J connectivity index is 1.72. The van der Waals surface area contributed by atoms with Crippen LogP contribution in [0.2, 0.25) is 0 Å². The summed E-state index contributed by atoms with van der Waals surface area (Å²) in [7, 11) is 1.50. The third kappa shape index (κ3) is 6.12. The fraction of sp³-hybridized carbons (Fsp3) is 0.240. The highest BCUT2D eigenvalue weighted by Crippen LogP contribution is 2.37. The molecule has 1 aliphatic heterocycles. The van der Waals surface area contributed by atoms with Gasteiger partial charge in [0.2, 0.25) is 5.91 Å². The number of anilines is 1. The minimum Gasteiger partial charge on any atom is -0.493 e. The average molecular weight is 590 g/mol. The van der Waals surface area contributed by atoms with Crippen LogP contribution in [0.25, 0.3) is 6.08 Å². The first kappa shape index (κ1) is 25.6. The van der Waals surface area contributed by atoms with Gasteiger partial charge in [-0.25, -0.2) is 0 Å². The van der Waals surface area contributed by atoms with E-state index >= 15 is 0 Å². The lowest BCUT2D eigenvalue weighted by Gasteiger charge is -2.13. The number of hydrogen-bond donors (Lipinski definition) is 1. The maximum absolute atomic E-state index is 12.8. The number of thioether (sulfide) groups is 1. The summed E-state index contributed by atoms with van der Waals surface area (Å²) < 4.78 is 11.6. The molecule has 0 radical (unpaired) electrons. The van der Waals surface area contributed by atoms with Gasteiger partial charge in [0.25, 0.3) is 11.1 Å². The molecule has 0 atom stereocenters. The maximum Gasteiger partial charge on any atom is 0.294 e. The topological polar surface area (TPSA) is 84.9 Å². The lowest BCUT2D eigenvalue weighted by Crippen LogP contribution is -2.36. The molecule has 1 N–H and O–H groups in total. The van der Waals surface area contributed by atoms with Crippen LogP contribution < -0.4 is 14.8 Å². The molecule has 176 valence electrons. The summed E-state index contributed by atoms with van der Waals surface area (Å²) in [5.74, 6) is 2.76. The zero-order valence-corrected chi connectivity index (χ0v) is 21.9. The molecule has 0 spiro atoms. The number of nitrogens with zero attached hydrogens (tertiary/aromatic N) is 1. The number of amides is 3. The molecule has 7 nitrogen and oxygen atoms in total. The van der Waals surface area contributed by atoms with Crippen LogP contribution in [0.3, 0.4) is 0 Å². The summed E-state index contributed by atoms with van der Waals surface area (Å²) in [5, 5.41) is 2.22. The average Bonchev–Trinajstić information content (AvgIpc) is 3.05. The van der Waals surface area contributed by atoms with E-state index in [0.29, 0.717) is 28.7 Å². The van der Waals surface area contributed by atoms with Crippen LogP contribution in [0.4, 0.5) is 10.5 Å². The third-order valence-corrected chi connectivity index (χ3v) is 6.59. The first-order valence-electron chi connectivity index (χ1n) is 10.3. The summed E-state index contributed by atoms with van der Waals surface area (Å²) in [6.45, 7) is 3.89. The summed E-state index contributed by atoms with van der Waals surface area (Å²) in [4.78, 5) is 38.9. The van der Waals surface area contributed by atoms with Crippen molar-refractivity contribution in [1.82, 2.24) is 4.90 Å². The molecular formula is C25H23IN2O5S. The molecular weight excluding hydrogens is 567 g/mol. The van der Waals surface area contributed by atoms with Crippen molar-refractivity contribution in [3.63, 3.8) is 0 Å². The van der Waals surface area contributed by atoms with E-state index < -0.39 is 17.1 Å². The Morgan fingerprint density at radius 1 is 1.26 bits per heavy atom. The minimum absolute atomic E-state index is 0.0918. The van der Waals surface area contributed by atoms with E-state index in [0.717, 1.165) is 25.8 Å². The number of nitrogens with one attached hydrogen (secondary N) is 1. The zero-order valence-electron chi connectivity index (χ0n) is 18.9. The van der Waals surface area contributed by atoms with Crippen LogP contribution in [0, 0.1) is 15.9 Å². The molecule has 1 saturated heterocycles. The Hall–Kier alpha value is -2.97. The van der Waals surface area contributed by atoms with Crippen molar-refractivity contribution in [3.8, 4) is 23.8 Å². The van der Waals surface area contributed by atoms with Gasteiger partial charge in [0.15, 0.2) is 11.5 Å². The Kier molecular flexibility index (Phi) is 8.63. The summed E-state index contributed by atoms with van der Waals surface area (Å²) in [6.07, 6.45) is 6.85. The molecule has 0 bridgehead atoms. The Morgan fingerprint density at radius 3 is 2.59 bits per heavy atom. The van der Waals surface area contributed by atoms with Gasteiger partial charge < -0.3 is 14.8 Å². The number of carbonyl (C=O) groups is 3. The largest absolute Gasteiger partial charge is 0.493 e. The molecule has 3 amide bonds. The van der Waals surface area contributed by atoms with Gasteiger partial charge in [-0.15, -0.1) is 6.42 Å². The highest BCUT2D eigenvalue weighted by Gasteiger charge is 2.36. The van der Waals surface area contributed by atoms with Gasteiger partial charge in [-0.05, 0) is 81.7 Å². The first-order valence-corrected chi connectivity index (χ1v) is 12.2. The van der Waals surface area contributed by atoms with E-state index in [1.807, 2.05) is 12.1 Å². The van der Waals surface area contributed by atoms with Crippen LogP contribution >= 0.6 is 34.4 Å². The van der Waals surface area contributed by atoms with Gasteiger partial charge in [-0.3, -0.25) is 19.3 Å². The number of benzene rings is 2. The highest BCUT2D eigenvalue weighted by molar-refractivity contribution is 14.1. The number of methoxy groups -OCH3 is 1. The van der Waals surface area contributed by atoms with E-state index in [2.05, 4.69) is 47.7 Å². The molecule has 2 aromatic carbocycles. The number of terminal acetylenes is 1. The summed E-state index contributed by atoms with van der Waals surface area (Å²) >= 11 is 2.87. The van der Waals surface area contributed by atoms with Gasteiger partial charge in [0, 0.05) is 5.69 Å². The number of ether oxygens (including phenoxy) is 2. The Morgan fingerprint density at radius 2 is 1.97 bits per heavy atom. The van der Waals surface area contributed by atoms with Crippen LogP contribution in [0.1, 0.15) is 30.9 Å². The predicted octanol–water partition coefficient (Wildman–Crippen LogP) is 5.11. The van der Waals surface area contributed by atoms with Crippen LogP contribution in [0.5, 0.6) is 11.5 Å². The number of imide groups is 1. The van der Waals surface area contributed by atoms with E-state index in [1.54, 1.807) is 30.3 Å². The van der Waals surface area contributed by atoms with E-state index in [-0.39, 0.29) is 18.1 Å². The van der Waals surface area contributed by atoms with Crippen LogP contribution in [-0.4, -0.2) is 42.2 Å². The van der Waals surface area contributed by atoms with Gasteiger partial charge in [-0.1, -0.05) is 31.9 Å². The fourth-order valence-corrected chi connectivity index (χ4v) is 4.78. The van der Waals surface area contributed by atoms with Crippen molar-refractivity contribution in [2.45, 2.75) is 19.8 Å². The monoisotopic (exact) mass is 590 g/mol. The van der Waals surface area contributed by atoms with Gasteiger partial charge >= 0.3 is 0 Å². The second kappa shape index (κ2) is 11.4. The van der Waals surface area contributed by atoms with Crippen molar-refractivity contribution in [2.75, 3.05) is 25.6 Å². The second-order valence-corrected chi connectivity index (χ2v) is 9.78. The molecule has 3 rings (SSSR count). The van der Waals surface area contributed by atoms with E-state index in [9.17, 15) is 14.4 Å². The van der Waals surface area contributed by atoms with Gasteiger partial charge in [0.1, 0.15) is 13.2 Å². The molecule has 0 saturated carbocycles. The van der Waals surface area contributed by atoms with Gasteiger partial charge in [-0.2, -0.15) is 0 Å². The molecule has 2 aromatic rings. The van der Waals surface area contributed by atoms with Crippen LogP contribution in [0.15, 0.2) is 41.3 Å². The maximum atomic E-state index is 12.8. The first-order chi connectivity index (χ1) is 16.2. The molecule has 0 aromatic heterocycles. The van der Waals surface area contributed by atoms with Crippen LogP contribution in [-0.2, 0) is 9.59 Å². The van der Waals surface area contributed by atoms with Crippen molar-refractivity contribution < 1.29 is 23.9 Å². The lowest BCUT2D eigenvalue weighted by atomic mass is 10.0. The normalized spacial score (nSPS) is 14.5. The molecule has 34 heavy (non-hydrogen) atoms. The van der Waals surface area contributed by atoms with Crippen molar-refractivity contribution in [1.29, 1.82) is 0 Å². The lowest BCUT2D eigenvalue weighted by molar-refractivity contribution is -0.127. The van der Waals surface area contributed by atoms with Crippen molar-refractivity contribution >= 4 is 63.2 Å². The number of rotatable bonds is 8. The third-order valence-electron chi connectivity index (χ3n) is 4.89. The fourth-order valence-electron chi connectivity index (χ4n) is 3.16. The number of carbonyl (C=O) groups excluding carboxylic acids is 3. The smallest absolute Gasteiger partial charge is 0.294 e. The molecule has 0 aliphatic carbocycles. The molecule has 1 fully saturated rings. The quantitative estimate of drug-likeness (QED) is 0.262. The second-order valence-electron chi connectivity index (χ2n) is 7.62. The molecule has 1 aliphatic rings. The van der Waals surface area contributed by atoms with Crippen molar-refractivity contribution in [3.05, 3.63) is 56.0 Å². The summed E-state index contributed by atoms with van der Waals surface area (Å²) in [6, 6.07) is 10.9. The highest BCUT2D eigenvalue weighted by atomic mass is 127. The SMILES string of the molecule is C#CCOc1c(I)cc(/C=C2/SC(=O)N(CC(=O)Nc3ccc(C(C)C)cc3)C2=O)cc1OC. The Labute approximate surface area is 216 Å². The Bertz CT molecular complexity index is 1190. The molecule has 0 unspecified atom stereocenters. The van der Waals surface area contributed by atoms with Gasteiger partial charge in [0.05, 0.1) is 15.6 Å².